The van der Waals surface area contributed by atoms with E-state index < -0.39 is 0 Å². The van der Waals surface area contributed by atoms with Gasteiger partial charge in [0, 0.05) is 12.8 Å². The summed E-state index contributed by atoms with van der Waals surface area (Å²) < 4.78 is 0.706. The van der Waals surface area contributed by atoms with Gasteiger partial charge in [0.25, 0.3) is 0 Å². The van der Waals surface area contributed by atoms with Crippen molar-refractivity contribution in [2.75, 3.05) is 6.54 Å². The molecule has 0 aliphatic rings. The van der Waals surface area contributed by atoms with E-state index in [-0.39, 0.29) is 5.75 Å². The molecule has 0 aliphatic carbocycles. The molecule has 0 aliphatic heterocycles. The molecule has 0 amide bonds. The molecule has 0 saturated heterocycles. The molecule has 0 atom stereocenters. The van der Waals surface area contributed by atoms with E-state index in [2.05, 4.69) is 27.8 Å². The summed E-state index contributed by atoms with van der Waals surface area (Å²) in [4.78, 5) is 4.27. The van der Waals surface area contributed by atoms with Crippen LogP contribution in [0.25, 0.3) is 0 Å². The molecule has 0 unspecified atom stereocenters. The van der Waals surface area contributed by atoms with E-state index in [9.17, 15) is 5.11 Å². The summed E-state index contributed by atoms with van der Waals surface area (Å²) in [5.41, 5.74) is 1.01. The highest BCUT2D eigenvalue weighted by molar-refractivity contribution is 9.10. The van der Waals surface area contributed by atoms with Crippen molar-refractivity contribution in [3.63, 3.8) is 0 Å². The molecular weight excluding hydrogens is 242 g/mol. The molecule has 3 heteroatoms. The molecule has 0 heterocycles. The van der Waals surface area contributed by atoms with Gasteiger partial charge in [0.1, 0.15) is 5.75 Å². The van der Waals surface area contributed by atoms with Crippen LogP contribution in [0.15, 0.2) is 27.7 Å². The van der Waals surface area contributed by atoms with Crippen molar-refractivity contribution < 1.29 is 5.11 Å². The second-order valence-corrected chi connectivity index (χ2v) is 3.95. The molecule has 0 saturated carbocycles. The number of hydrogen-bond donors (Lipinski definition) is 1. The number of unbranched alkanes of at least 4 members (excludes halogenated alkanes) is 1. The molecule has 14 heavy (non-hydrogen) atoms. The van der Waals surface area contributed by atoms with Gasteiger partial charge in [-0.3, -0.25) is 4.99 Å². The van der Waals surface area contributed by atoms with E-state index in [4.69, 9.17) is 0 Å². The molecule has 1 rings (SSSR count). The number of aliphatic imine (C=N–C) groups is 1. The van der Waals surface area contributed by atoms with Crippen LogP contribution in [0.2, 0.25) is 0 Å². The van der Waals surface area contributed by atoms with Crippen molar-refractivity contribution >= 4 is 22.1 Å². The van der Waals surface area contributed by atoms with Crippen LogP contribution in [0.3, 0.4) is 0 Å². The van der Waals surface area contributed by atoms with Crippen LogP contribution in [0.4, 0.5) is 0 Å². The van der Waals surface area contributed by atoms with Gasteiger partial charge in [-0.05, 0) is 46.1 Å². The summed E-state index contributed by atoms with van der Waals surface area (Å²) >= 11 is 3.26. The lowest BCUT2D eigenvalue weighted by Crippen LogP contribution is -1.84. The summed E-state index contributed by atoms with van der Waals surface area (Å²) in [6.07, 6.45) is 4.12. The lowest BCUT2D eigenvalue weighted by molar-refractivity contribution is 0.472. The first-order valence-corrected chi connectivity index (χ1v) is 5.51. The standard InChI is InChI=1S/C11H14BrNO/c1-2-3-6-13-8-9-4-5-11(14)10(12)7-9/h4-5,7-8,14H,2-3,6H2,1H3. The summed E-state index contributed by atoms with van der Waals surface area (Å²) in [7, 11) is 0. The number of halogens is 1. The maximum atomic E-state index is 9.26. The van der Waals surface area contributed by atoms with Gasteiger partial charge in [0.05, 0.1) is 4.47 Å². The van der Waals surface area contributed by atoms with Gasteiger partial charge in [-0.1, -0.05) is 13.3 Å². The summed E-state index contributed by atoms with van der Waals surface area (Å²) in [5, 5.41) is 9.26. The number of phenolic OH excluding ortho intramolecular Hbond substituents is 1. The molecule has 0 fully saturated rings. The zero-order valence-electron chi connectivity index (χ0n) is 8.20. The van der Waals surface area contributed by atoms with Crippen molar-refractivity contribution in [2.45, 2.75) is 19.8 Å². The molecule has 1 aromatic rings. The Bertz CT molecular complexity index is 323. The fraction of sp³-hybridized carbons (Fsp3) is 0.364. The highest BCUT2D eigenvalue weighted by atomic mass is 79.9. The predicted molar refractivity (Wildman–Crippen MR) is 63.2 cm³/mol. The largest absolute Gasteiger partial charge is 0.507 e. The zero-order chi connectivity index (χ0) is 10.4. The Balaban J connectivity index is 2.59. The fourth-order valence-corrected chi connectivity index (χ4v) is 1.42. The second kappa shape index (κ2) is 5.81. The first-order valence-electron chi connectivity index (χ1n) is 4.72. The minimum atomic E-state index is 0.260. The minimum Gasteiger partial charge on any atom is -0.507 e. The smallest absolute Gasteiger partial charge is 0.129 e. The van der Waals surface area contributed by atoms with Gasteiger partial charge in [0.2, 0.25) is 0 Å². The average molecular weight is 256 g/mol. The van der Waals surface area contributed by atoms with Crippen LogP contribution < -0.4 is 0 Å². The molecule has 0 radical (unpaired) electrons. The lowest BCUT2D eigenvalue weighted by Gasteiger charge is -1.97. The van der Waals surface area contributed by atoms with Crippen molar-refractivity contribution in [3.05, 3.63) is 28.2 Å². The number of nitrogens with zero attached hydrogens (tertiary/aromatic N) is 1. The topological polar surface area (TPSA) is 32.6 Å². The Morgan fingerprint density at radius 3 is 2.93 bits per heavy atom. The Hall–Kier alpha value is -0.830. The first kappa shape index (κ1) is 11.2. The maximum absolute atomic E-state index is 9.26. The van der Waals surface area contributed by atoms with Crippen molar-refractivity contribution in [1.29, 1.82) is 0 Å². The Kier molecular flexibility index (Phi) is 4.66. The molecule has 0 aromatic heterocycles. The summed E-state index contributed by atoms with van der Waals surface area (Å²) in [5.74, 6) is 0.260. The van der Waals surface area contributed by atoms with Gasteiger partial charge in [-0.25, -0.2) is 0 Å². The third-order valence-electron chi connectivity index (χ3n) is 1.85. The Morgan fingerprint density at radius 1 is 1.50 bits per heavy atom. The molecule has 0 spiro atoms. The maximum Gasteiger partial charge on any atom is 0.129 e. The van der Waals surface area contributed by atoms with E-state index in [0.29, 0.717) is 4.47 Å². The van der Waals surface area contributed by atoms with Gasteiger partial charge in [0.15, 0.2) is 0 Å². The quantitative estimate of drug-likeness (QED) is 0.650. The van der Waals surface area contributed by atoms with Crippen LogP contribution in [0, 0.1) is 0 Å². The van der Waals surface area contributed by atoms with Crippen molar-refractivity contribution in [2.24, 2.45) is 4.99 Å². The number of rotatable bonds is 4. The fourth-order valence-electron chi connectivity index (χ4n) is 1.02. The van der Waals surface area contributed by atoms with Crippen LogP contribution in [0.5, 0.6) is 5.75 Å². The monoisotopic (exact) mass is 255 g/mol. The van der Waals surface area contributed by atoms with Crippen molar-refractivity contribution in [1.82, 2.24) is 0 Å². The molecule has 1 aromatic carbocycles. The average Bonchev–Trinajstić information content (AvgIpc) is 2.18. The summed E-state index contributed by atoms with van der Waals surface area (Å²) in [6.45, 7) is 3.02. The highest BCUT2D eigenvalue weighted by Crippen LogP contribution is 2.23. The Morgan fingerprint density at radius 2 is 2.29 bits per heavy atom. The van der Waals surface area contributed by atoms with E-state index in [1.807, 2.05) is 18.3 Å². The first-order chi connectivity index (χ1) is 6.74. The third kappa shape index (κ3) is 3.50. The van der Waals surface area contributed by atoms with E-state index in [1.54, 1.807) is 6.07 Å². The van der Waals surface area contributed by atoms with Gasteiger partial charge in [-0.2, -0.15) is 0 Å². The van der Waals surface area contributed by atoms with Crippen molar-refractivity contribution in [3.8, 4) is 5.75 Å². The predicted octanol–water partition coefficient (Wildman–Crippen LogP) is 3.37. The molecular formula is C11H14BrNO. The van der Waals surface area contributed by atoms with Gasteiger partial charge in [-0.15, -0.1) is 0 Å². The van der Waals surface area contributed by atoms with Crippen LogP contribution in [0.1, 0.15) is 25.3 Å². The molecule has 2 nitrogen and oxygen atoms in total. The van der Waals surface area contributed by atoms with Gasteiger partial charge < -0.3 is 5.11 Å². The SMILES string of the molecule is CCCCN=Cc1ccc(O)c(Br)c1. The van der Waals surface area contributed by atoms with Gasteiger partial charge >= 0.3 is 0 Å². The number of aromatic hydroxyl groups is 1. The third-order valence-corrected chi connectivity index (χ3v) is 2.49. The summed E-state index contributed by atoms with van der Waals surface area (Å²) in [6, 6.07) is 5.35. The molecule has 1 N–H and O–H groups in total. The van der Waals surface area contributed by atoms with Crippen LogP contribution in [-0.2, 0) is 0 Å². The zero-order valence-corrected chi connectivity index (χ0v) is 9.79. The number of benzene rings is 1. The Labute approximate surface area is 92.8 Å². The van der Waals surface area contributed by atoms with Crippen LogP contribution >= 0.6 is 15.9 Å². The van der Waals surface area contributed by atoms with Crippen LogP contribution in [-0.4, -0.2) is 17.9 Å². The van der Waals surface area contributed by atoms with E-state index >= 15 is 0 Å². The van der Waals surface area contributed by atoms with E-state index in [1.165, 1.54) is 0 Å². The highest BCUT2D eigenvalue weighted by Gasteiger charge is 1.96. The second-order valence-electron chi connectivity index (χ2n) is 3.10. The van der Waals surface area contributed by atoms with E-state index in [0.717, 1.165) is 24.9 Å². The number of hydrogen-bond acceptors (Lipinski definition) is 2. The lowest BCUT2D eigenvalue weighted by atomic mass is 10.2. The minimum absolute atomic E-state index is 0.260. The molecule has 76 valence electrons. The molecule has 0 bridgehead atoms. The normalized spacial score (nSPS) is 11.0. The number of phenols is 1.